The smallest absolute Gasteiger partial charge is 0.262 e. The Morgan fingerprint density at radius 3 is 2.78 bits per heavy atom. The van der Waals surface area contributed by atoms with Crippen LogP contribution in [0.3, 0.4) is 0 Å². The van der Waals surface area contributed by atoms with Crippen LogP contribution in [0.15, 0.2) is 36.5 Å². The second kappa shape index (κ2) is 6.91. The van der Waals surface area contributed by atoms with Gasteiger partial charge in [-0.05, 0) is 31.4 Å². The first-order chi connectivity index (χ1) is 11.2. The molecule has 23 heavy (non-hydrogen) atoms. The summed E-state index contributed by atoms with van der Waals surface area (Å²) in [5, 5.41) is 3.45. The molecule has 0 spiro atoms. The lowest BCUT2D eigenvalue weighted by atomic mass is 10.0. The molecule has 5 nitrogen and oxygen atoms in total. The van der Waals surface area contributed by atoms with Crippen molar-refractivity contribution < 1.29 is 9.59 Å². The minimum Gasteiger partial charge on any atom is -0.354 e. The predicted molar refractivity (Wildman–Crippen MR) is 89.6 cm³/mol. The maximum Gasteiger partial charge on any atom is 0.262 e. The van der Waals surface area contributed by atoms with Gasteiger partial charge in [-0.2, -0.15) is 0 Å². The van der Waals surface area contributed by atoms with Crippen LogP contribution in [0.25, 0.3) is 0 Å². The van der Waals surface area contributed by atoms with Crippen molar-refractivity contribution in [1.82, 2.24) is 15.2 Å². The van der Waals surface area contributed by atoms with E-state index in [0.717, 1.165) is 30.8 Å². The Kier molecular flexibility index (Phi) is 4.71. The normalized spacial score (nSPS) is 17.8. The molecule has 2 amide bonds. The molecule has 6 heteroatoms. The van der Waals surface area contributed by atoms with E-state index in [1.54, 1.807) is 13.2 Å². The lowest BCUT2D eigenvalue weighted by Gasteiger charge is -2.34. The van der Waals surface area contributed by atoms with Gasteiger partial charge in [-0.25, -0.2) is 4.98 Å². The van der Waals surface area contributed by atoms with Crippen LogP contribution >= 0.6 is 11.3 Å². The molecule has 1 fully saturated rings. The highest BCUT2D eigenvalue weighted by atomic mass is 32.1. The van der Waals surface area contributed by atoms with Crippen LogP contribution in [-0.4, -0.2) is 35.3 Å². The lowest BCUT2D eigenvalue weighted by Crippen LogP contribution is -2.38. The quantitative estimate of drug-likeness (QED) is 0.942. The molecule has 1 N–H and O–H groups in total. The minimum atomic E-state index is -0.134. The summed E-state index contributed by atoms with van der Waals surface area (Å²) in [6, 6.07) is 9.29. The predicted octanol–water partition coefficient (Wildman–Crippen LogP) is 2.87. The number of hydrogen-bond acceptors (Lipinski definition) is 4. The van der Waals surface area contributed by atoms with Gasteiger partial charge in [0, 0.05) is 19.2 Å². The maximum absolute atomic E-state index is 12.8. The minimum absolute atomic E-state index is 0.0343. The zero-order valence-corrected chi connectivity index (χ0v) is 13.8. The van der Waals surface area contributed by atoms with Gasteiger partial charge in [0.25, 0.3) is 11.8 Å². The van der Waals surface area contributed by atoms with Crippen LogP contribution in [0.4, 0.5) is 0 Å². The molecule has 0 aliphatic carbocycles. The largest absolute Gasteiger partial charge is 0.354 e. The van der Waals surface area contributed by atoms with E-state index >= 15 is 0 Å². The van der Waals surface area contributed by atoms with Gasteiger partial charge >= 0.3 is 0 Å². The second-order valence-corrected chi connectivity index (χ2v) is 6.58. The van der Waals surface area contributed by atoms with Crippen molar-refractivity contribution in [1.29, 1.82) is 0 Å². The molecular weight excluding hydrogens is 310 g/mol. The third kappa shape index (κ3) is 3.27. The first kappa shape index (κ1) is 15.7. The lowest BCUT2D eigenvalue weighted by molar-refractivity contribution is 0.0611. The fraction of sp³-hybridized carbons (Fsp3) is 0.353. The van der Waals surface area contributed by atoms with Crippen molar-refractivity contribution in [2.24, 2.45) is 0 Å². The molecule has 3 rings (SSSR count). The number of nitrogens with zero attached hydrogens (tertiary/aromatic N) is 2. The number of benzene rings is 1. The number of aromatic nitrogens is 1. The van der Waals surface area contributed by atoms with Gasteiger partial charge in [0.05, 0.1) is 12.2 Å². The number of carbonyl (C=O) groups is 2. The SMILES string of the molecule is CNC(=O)c1cnc(C2CCCCN2C(=O)c2ccccc2)s1. The van der Waals surface area contributed by atoms with Crippen LogP contribution < -0.4 is 5.32 Å². The number of rotatable bonds is 3. The number of amides is 2. The van der Waals surface area contributed by atoms with Crippen molar-refractivity contribution in [3.63, 3.8) is 0 Å². The van der Waals surface area contributed by atoms with E-state index in [0.29, 0.717) is 10.4 Å². The number of hydrogen-bond donors (Lipinski definition) is 1. The van der Waals surface area contributed by atoms with Crippen molar-refractivity contribution >= 4 is 23.2 Å². The third-order valence-corrected chi connectivity index (χ3v) is 5.14. The van der Waals surface area contributed by atoms with Gasteiger partial charge in [0.2, 0.25) is 0 Å². The summed E-state index contributed by atoms with van der Waals surface area (Å²) in [6.07, 6.45) is 4.55. The topological polar surface area (TPSA) is 62.3 Å². The Bertz CT molecular complexity index is 699. The van der Waals surface area contributed by atoms with E-state index in [1.807, 2.05) is 35.2 Å². The first-order valence-electron chi connectivity index (χ1n) is 7.74. The molecule has 2 heterocycles. The van der Waals surface area contributed by atoms with Crippen LogP contribution in [-0.2, 0) is 0 Å². The Balaban J connectivity index is 1.85. The fourth-order valence-corrected chi connectivity index (χ4v) is 3.86. The highest BCUT2D eigenvalue weighted by molar-refractivity contribution is 7.13. The van der Waals surface area contributed by atoms with E-state index in [-0.39, 0.29) is 17.9 Å². The second-order valence-electron chi connectivity index (χ2n) is 5.52. The molecule has 1 aromatic heterocycles. The maximum atomic E-state index is 12.8. The van der Waals surface area contributed by atoms with Crippen molar-refractivity contribution in [3.05, 3.63) is 52.0 Å². The molecule has 2 aromatic rings. The monoisotopic (exact) mass is 329 g/mol. The summed E-state index contributed by atoms with van der Waals surface area (Å²) >= 11 is 1.37. The Morgan fingerprint density at radius 2 is 2.04 bits per heavy atom. The summed E-state index contributed by atoms with van der Waals surface area (Å²) < 4.78 is 0. The van der Waals surface area contributed by atoms with Crippen LogP contribution in [0.1, 0.15) is 50.3 Å². The standard InChI is InChI=1S/C17H19N3O2S/c1-18-15(21)14-11-19-16(23-14)13-9-5-6-10-20(13)17(22)12-7-3-2-4-8-12/h2-4,7-8,11,13H,5-6,9-10H2,1H3,(H,18,21). The van der Waals surface area contributed by atoms with Gasteiger partial charge in [0.1, 0.15) is 9.88 Å². The summed E-state index contributed by atoms with van der Waals surface area (Å²) in [6.45, 7) is 0.729. The van der Waals surface area contributed by atoms with E-state index in [9.17, 15) is 9.59 Å². The number of carbonyl (C=O) groups excluding carboxylic acids is 2. The van der Waals surface area contributed by atoms with Gasteiger partial charge in [-0.1, -0.05) is 18.2 Å². The molecule has 0 bridgehead atoms. The van der Waals surface area contributed by atoms with Gasteiger partial charge < -0.3 is 10.2 Å². The van der Waals surface area contributed by atoms with Crippen molar-refractivity contribution in [2.75, 3.05) is 13.6 Å². The molecule has 1 unspecified atom stereocenters. The summed E-state index contributed by atoms with van der Waals surface area (Å²) in [5.74, 6) is -0.0995. The average molecular weight is 329 g/mol. The van der Waals surface area contributed by atoms with Crippen molar-refractivity contribution in [2.45, 2.75) is 25.3 Å². The highest BCUT2D eigenvalue weighted by Crippen LogP contribution is 2.34. The Hall–Kier alpha value is -2.21. The van der Waals surface area contributed by atoms with Crippen LogP contribution in [0, 0.1) is 0 Å². The molecular formula is C17H19N3O2S. The summed E-state index contributed by atoms with van der Waals surface area (Å²) in [4.78, 5) is 31.4. The fourth-order valence-electron chi connectivity index (χ4n) is 2.85. The molecule has 0 saturated carbocycles. The highest BCUT2D eigenvalue weighted by Gasteiger charge is 2.31. The number of nitrogens with one attached hydrogen (secondary N) is 1. The summed E-state index contributed by atoms with van der Waals surface area (Å²) in [5.41, 5.74) is 0.697. The van der Waals surface area contributed by atoms with E-state index < -0.39 is 0 Å². The van der Waals surface area contributed by atoms with Gasteiger partial charge in [0.15, 0.2) is 0 Å². The molecule has 1 aliphatic rings. The molecule has 0 radical (unpaired) electrons. The van der Waals surface area contributed by atoms with E-state index in [4.69, 9.17) is 0 Å². The molecule has 1 aliphatic heterocycles. The van der Waals surface area contributed by atoms with E-state index in [2.05, 4.69) is 10.3 Å². The third-order valence-electron chi connectivity index (χ3n) is 4.04. The first-order valence-corrected chi connectivity index (χ1v) is 8.56. The van der Waals surface area contributed by atoms with Gasteiger partial charge in [-0.3, -0.25) is 9.59 Å². The molecule has 1 aromatic carbocycles. The zero-order valence-electron chi connectivity index (χ0n) is 13.0. The average Bonchev–Trinajstić information content (AvgIpc) is 3.11. The Morgan fingerprint density at radius 1 is 1.26 bits per heavy atom. The van der Waals surface area contributed by atoms with Crippen LogP contribution in [0.5, 0.6) is 0 Å². The molecule has 1 saturated heterocycles. The number of thiazole rings is 1. The Labute approximate surface area is 139 Å². The van der Waals surface area contributed by atoms with Crippen LogP contribution in [0.2, 0.25) is 0 Å². The molecule has 120 valence electrons. The van der Waals surface area contributed by atoms with Gasteiger partial charge in [-0.15, -0.1) is 11.3 Å². The number of likely N-dealkylation sites (tertiary alicyclic amines) is 1. The zero-order chi connectivity index (χ0) is 16.2. The number of piperidine rings is 1. The van der Waals surface area contributed by atoms with Crippen molar-refractivity contribution in [3.8, 4) is 0 Å². The summed E-state index contributed by atoms with van der Waals surface area (Å²) in [7, 11) is 1.60. The molecule has 1 atom stereocenters. The van der Waals surface area contributed by atoms with E-state index in [1.165, 1.54) is 11.3 Å².